The lowest BCUT2D eigenvalue weighted by molar-refractivity contribution is 0.297. The zero-order valence-electron chi connectivity index (χ0n) is 20.4. The lowest BCUT2D eigenvalue weighted by atomic mass is 10.1. The van der Waals surface area contributed by atoms with E-state index in [4.69, 9.17) is 9.47 Å². The minimum absolute atomic E-state index is 0.663. The van der Waals surface area contributed by atoms with Crippen molar-refractivity contribution in [3.05, 3.63) is 95.1 Å². The fourth-order valence-electron chi connectivity index (χ4n) is 3.38. The highest BCUT2D eigenvalue weighted by atomic mass is 16.5. The summed E-state index contributed by atoms with van der Waals surface area (Å²) in [7, 11) is 0. The lowest BCUT2D eigenvalue weighted by Crippen LogP contribution is -2.03. The summed E-state index contributed by atoms with van der Waals surface area (Å²) in [6.45, 7) is 5.71. The Kier molecular flexibility index (Phi) is 10.7. The zero-order valence-corrected chi connectivity index (χ0v) is 20.4. The first-order valence-corrected chi connectivity index (χ1v) is 12.4. The minimum Gasteiger partial charge on any atom is -0.492 e. The molecule has 0 amide bonds. The monoisotopic (exact) mass is 450 g/mol. The zero-order chi connectivity index (χ0) is 23.8. The van der Waals surface area contributed by atoms with E-state index in [2.05, 4.69) is 37.5 Å². The van der Waals surface area contributed by atoms with Crippen molar-refractivity contribution in [1.29, 1.82) is 0 Å². The van der Waals surface area contributed by atoms with Crippen LogP contribution in [0.25, 0.3) is 0 Å². The van der Waals surface area contributed by atoms with Gasteiger partial charge in [0.1, 0.15) is 11.5 Å². The molecule has 0 bridgehead atoms. The summed E-state index contributed by atoms with van der Waals surface area (Å²) in [5, 5.41) is 0. The third kappa shape index (κ3) is 8.38. The van der Waals surface area contributed by atoms with Crippen LogP contribution in [0.1, 0.15) is 74.6 Å². The van der Waals surface area contributed by atoms with E-state index in [9.17, 15) is 0 Å². The molecular formula is C32H34O2. The first-order chi connectivity index (χ1) is 16.8. The largest absolute Gasteiger partial charge is 0.492 e. The lowest BCUT2D eigenvalue weighted by Gasteiger charge is -2.13. The Balaban J connectivity index is 1.97. The molecule has 3 aromatic rings. The Morgan fingerprint density at radius 1 is 0.529 bits per heavy atom. The molecule has 0 aliphatic heterocycles. The Morgan fingerprint density at radius 2 is 0.941 bits per heavy atom. The van der Waals surface area contributed by atoms with Crippen LogP contribution >= 0.6 is 0 Å². The third-order valence-electron chi connectivity index (χ3n) is 5.32. The van der Waals surface area contributed by atoms with Crippen molar-refractivity contribution in [2.45, 2.75) is 52.4 Å². The predicted octanol–water partition coefficient (Wildman–Crippen LogP) is 7.62. The summed E-state index contributed by atoms with van der Waals surface area (Å²) in [4.78, 5) is 0. The van der Waals surface area contributed by atoms with Crippen LogP contribution in [0, 0.1) is 23.7 Å². The standard InChI is InChI=1S/C32H34O2/c1-3-5-13-23-33-31-25-30(22-20-28-17-11-8-12-18-28)32(34-24-14-6-4-2)26-29(31)21-19-27-15-9-7-10-16-27/h7-12,15-18,25-26H,3-6,13-14,23-24H2,1-2H3. The van der Waals surface area contributed by atoms with Crippen LogP contribution in [0.5, 0.6) is 11.5 Å². The fraction of sp³-hybridized carbons (Fsp3) is 0.312. The van der Waals surface area contributed by atoms with Gasteiger partial charge in [0.15, 0.2) is 0 Å². The second kappa shape index (κ2) is 14.5. The minimum atomic E-state index is 0.663. The highest BCUT2D eigenvalue weighted by Gasteiger charge is 2.11. The van der Waals surface area contributed by atoms with E-state index in [1.165, 1.54) is 0 Å². The van der Waals surface area contributed by atoms with Gasteiger partial charge in [-0.1, -0.05) is 99.6 Å². The first-order valence-electron chi connectivity index (χ1n) is 12.4. The summed E-state index contributed by atoms with van der Waals surface area (Å²) >= 11 is 0. The van der Waals surface area contributed by atoms with Crippen LogP contribution in [-0.2, 0) is 0 Å². The maximum atomic E-state index is 6.19. The number of hydrogen-bond acceptors (Lipinski definition) is 2. The predicted molar refractivity (Wildman–Crippen MR) is 141 cm³/mol. The van der Waals surface area contributed by atoms with E-state index < -0.39 is 0 Å². The molecule has 34 heavy (non-hydrogen) atoms. The molecule has 2 heteroatoms. The van der Waals surface area contributed by atoms with E-state index >= 15 is 0 Å². The summed E-state index contributed by atoms with van der Waals surface area (Å²) in [5.41, 5.74) is 3.60. The van der Waals surface area contributed by atoms with Gasteiger partial charge < -0.3 is 9.47 Å². The molecule has 0 radical (unpaired) electrons. The van der Waals surface area contributed by atoms with Crippen molar-refractivity contribution >= 4 is 0 Å². The Hall–Kier alpha value is -3.62. The number of hydrogen-bond donors (Lipinski definition) is 0. The van der Waals surface area contributed by atoms with E-state index in [0.29, 0.717) is 13.2 Å². The second-order valence-corrected chi connectivity index (χ2v) is 8.19. The van der Waals surface area contributed by atoms with Crippen LogP contribution in [0.4, 0.5) is 0 Å². The number of rotatable bonds is 10. The maximum absolute atomic E-state index is 6.19. The molecular weight excluding hydrogens is 416 g/mol. The maximum Gasteiger partial charge on any atom is 0.136 e. The van der Waals surface area contributed by atoms with Crippen molar-refractivity contribution < 1.29 is 9.47 Å². The van der Waals surface area contributed by atoms with Crippen molar-refractivity contribution in [1.82, 2.24) is 0 Å². The number of benzene rings is 3. The summed E-state index contributed by atoms with van der Waals surface area (Å²) in [6.07, 6.45) is 6.63. The molecule has 0 saturated carbocycles. The molecule has 174 valence electrons. The topological polar surface area (TPSA) is 18.5 Å². The molecule has 0 unspecified atom stereocenters. The average molecular weight is 451 g/mol. The normalized spacial score (nSPS) is 9.94. The number of ether oxygens (including phenoxy) is 2. The SMILES string of the molecule is CCCCCOc1cc(C#Cc2ccccc2)c(OCCCCC)cc1C#Cc1ccccc1. The molecule has 2 nitrogen and oxygen atoms in total. The smallest absolute Gasteiger partial charge is 0.136 e. The summed E-state index contributed by atoms with van der Waals surface area (Å²) < 4.78 is 12.4. The Labute approximate surface area is 205 Å². The van der Waals surface area contributed by atoms with Gasteiger partial charge in [-0.25, -0.2) is 0 Å². The molecule has 0 aromatic heterocycles. The van der Waals surface area contributed by atoms with Crippen molar-refractivity contribution in [3.63, 3.8) is 0 Å². The molecule has 0 heterocycles. The highest BCUT2D eigenvalue weighted by Crippen LogP contribution is 2.29. The molecule has 0 fully saturated rings. The van der Waals surface area contributed by atoms with Gasteiger partial charge in [-0.05, 0) is 37.1 Å². The van der Waals surface area contributed by atoms with Gasteiger partial charge >= 0.3 is 0 Å². The molecule has 0 saturated heterocycles. The van der Waals surface area contributed by atoms with Crippen LogP contribution < -0.4 is 9.47 Å². The van der Waals surface area contributed by atoms with E-state index in [0.717, 1.165) is 72.3 Å². The van der Waals surface area contributed by atoms with Gasteiger partial charge in [0.05, 0.1) is 24.3 Å². The van der Waals surface area contributed by atoms with Gasteiger partial charge in [0.2, 0.25) is 0 Å². The third-order valence-corrected chi connectivity index (χ3v) is 5.32. The molecule has 0 N–H and O–H groups in total. The molecule has 3 aromatic carbocycles. The van der Waals surface area contributed by atoms with Crippen LogP contribution in [0.3, 0.4) is 0 Å². The van der Waals surface area contributed by atoms with Crippen molar-refractivity contribution in [2.24, 2.45) is 0 Å². The first kappa shape index (κ1) is 25.0. The van der Waals surface area contributed by atoms with Gasteiger partial charge in [-0.15, -0.1) is 0 Å². The number of unbranched alkanes of at least 4 members (excludes halogenated alkanes) is 4. The molecule has 0 aliphatic rings. The van der Waals surface area contributed by atoms with E-state index in [1.54, 1.807) is 0 Å². The Bertz CT molecular complexity index is 1030. The van der Waals surface area contributed by atoms with Crippen LogP contribution in [0.2, 0.25) is 0 Å². The summed E-state index contributed by atoms with van der Waals surface area (Å²) in [6, 6.07) is 24.0. The molecule has 0 atom stereocenters. The average Bonchev–Trinajstić information content (AvgIpc) is 2.88. The van der Waals surface area contributed by atoms with Gasteiger partial charge in [-0.3, -0.25) is 0 Å². The van der Waals surface area contributed by atoms with E-state index in [-0.39, 0.29) is 0 Å². The van der Waals surface area contributed by atoms with Crippen molar-refractivity contribution in [2.75, 3.05) is 13.2 Å². The van der Waals surface area contributed by atoms with Gasteiger partial charge in [0.25, 0.3) is 0 Å². The molecule has 0 aliphatic carbocycles. The van der Waals surface area contributed by atoms with Crippen LogP contribution in [0.15, 0.2) is 72.8 Å². The molecule has 3 rings (SSSR count). The second-order valence-electron chi connectivity index (χ2n) is 8.19. The molecule has 0 spiro atoms. The van der Waals surface area contributed by atoms with Gasteiger partial charge in [0, 0.05) is 23.3 Å². The van der Waals surface area contributed by atoms with E-state index in [1.807, 2.05) is 72.8 Å². The summed E-state index contributed by atoms with van der Waals surface area (Å²) in [5.74, 6) is 14.7. The highest BCUT2D eigenvalue weighted by molar-refractivity contribution is 5.60. The fourth-order valence-corrected chi connectivity index (χ4v) is 3.38. The quantitative estimate of drug-likeness (QED) is 0.234. The van der Waals surface area contributed by atoms with Crippen LogP contribution in [-0.4, -0.2) is 13.2 Å². The Morgan fingerprint density at radius 3 is 1.32 bits per heavy atom. The van der Waals surface area contributed by atoms with Crippen molar-refractivity contribution in [3.8, 4) is 35.2 Å². The van der Waals surface area contributed by atoms with Gasteiger partial charge in [-0.2, -0.15) is 0 Å².